The highest BCUT2D eigenvalue weighted by Crippen LogP contribution is 2.47. The molecule has 0 aromatic heterocycles. The van der Waals surface area contributed by atoms with Crippen LogP contribution in [0, 0.1) is 0 Å². The van der Waals surface area contributed by atoms with Gasteiger partial charge < -0.3 is 5.32 Å². The van der Waals surface area contributed by atoms with Crippen LogP contribution in [0.2, 0.25) is 0 Å². The first-order valence-electron chi connectivity index (χ1n) is 11.2. The van der Waals surface area contributed by atoms with Gasteiger partial charge in [-0.25, -0.2) is 0 Å². The van der Waals surface area contributed by atoms with Crippen LogP contribution in [0.4, 0.5) is 11.4 Å². The van der Waals surface area contributed by atoms with Crippen LogP contribution in [0.3, 0.4) is 0 Å². The number of rotatable bonds is 3. The number of amides is 1. The molecule has 0 fully saturated rings. The standard InChI is InChI=1S/C28H26N2O2/c1-2-26(32)30-24-16-10-9-15-22(24)29-23-17-21(19-11-5-3-6-12-19)18-25(31)27(23)28(30)20-13-7-4-8-14-20/h3-16,21,28-29H,2,17-18H2,1H3/t21-,28+/m0/s1. The molecule has 0 saturated carbocycles. The van der Waals surface area contributed by atoms with E-state index in [-0.39, 0.29) is 17.6 Å². The maximum atomic E-state index is 13.7. The van der Waals surface area contributed by atoms with E-state index in [1.165, 1.54) is 5.56 Å². The van der Waals surface area contributed by atoms with Crippen molar-refractivity contribution in [2.24, 2.45) is 0 Å². The van der Waals surface area contributed by atoms with E-state index < -0.39 is 6.04 Å². The Kier molecular flexibility index (Phi) is 5.36. The highest BCUT2D eigenvalue weighted by Gasteiger charge is 2.41. The number of hydrogen-bond acceptors (Lipinski definition) is 3. The number of para-hydroxylation sites is 2. The molecule has 0 bridgehead atoms. The van der Waals surface area contributed by atoms with E-state index >= 15 is 0 Å². The third-order valence-corrected chi connectivity index (χ3v) is 6.45. The van der Waals surface area contributed by atoms with E-state index in [2.05, 4.69) is 17.4 Å². The Labute approximate surface area is 188 Å². The Balaban J connectivity index is 1.71. The summed E-state index contributed by atoms with van der Waals surface area (Å²) in [7, 11) is 0. The molecular weight excluding hydrogens is 396 g/mol. The summed E-state index contributed by atoms with van der Waals surface area (Å²) < 4.78 is 0. The zero-order valence-electron chi connectivity index (χ0n) is 18.1. The number of carbonyl (C=O) groups is 2. The lowest BCUT2D eigenvalue weighted by molar-refractivity contribution is -0.119. The van der Waals surface area contributed by atoms with Crippen LogP contribution in [0.1, 0.15) is 49.3 Å². The number of ketones is 1. The third-order valence-electron chi connectivity index (χ3n) is 6.45. The minimum atomic E-state index is -0.445. The Bertz CT molecular complexity index is 1180. The second kappa shape index (κ2) is 8.46. The smallest absolute Gasteiger partial charge is 0.227 e. The largest absolute Gasteiger partial charge is 0.357 e. The third kappa shape index (κ3) is 3.52. The van der Waals surface area contributed by atoms with Crippen molar-refractivity contribution in [2.75, 3.05) is 10.2 Å². The van der Waals surface area contributed by atoms with E-state index in [0.29, 0.717) is 18.4 Å². The van der Waals surface area contributed by atoms with Crippen molar-refractivity contribution in [1.82, 2.24) is 0 Å². The van der Waals surface area contributed by atoms with E-state index in [4.69, 9.17) is 0 Å². The summed E-state index contributed by atoms with van der Waals surface area (Å²) in [4.78, 5) is 28.8. The number of benzene rings is 3. The predicted octanol–water partition coefficient (Wildman–Crippen LogP) is 6.00. The Morgan fingerprint density at radius 3 is 2.19 bits per heavy atom. The van der Waals surface area contributed by atoms with Gasteiger partial charge in [0.05, 0.1) is 17.4 Å². The molecule has 3 aromatic rings. The van der Waals surface area contributed by atoms with Crippen LogP contribution >= 0.6 is 0 Å². The zero-order valence-corrected chi connectivity index (χ0v) is 18.1. The maximum absolute atomic E-state index is 13.7. The van der Waals surface area contributed by atoms with Gasteiger partial charge in [0, 0.05) is 24.1 Å². The molecule has 0 spiro atoms. The number of anilines is 2. The van der Waals surface area contributed by atoms with Crippen LogP contribution < -0.4 is 10.2 Å². The summed E-state index contributed by atoms with van der Waals surface area (Å²) in [6, 6.07) is 27.5. The molecule has 1 aliphatic carbocycles. The number of carbonyl (C=O) groups excluding carboxylic acids is 2. The highest BCUT2D eigenvalue weighted by atomic mass is 16.2. The van der Waals surface area contributed by atoms with E-state index in [1.807, 2.05) is 84.6 Å². The molecule has 1 heterocycles. The van der Waals surface area contributed by atoms with E-state index in [0.717, 1.165) is 29.1 Å². The van der Waals surface area contributed by atoms with Gasteiger partial charge in [0.2, 0.25) is 5.91 Å². The number of nitrogens with zero attached hydrogens (tertiary/aromatic N) is 1. The van der Waals surface area contributed by atoms with Gasteiger partial charge in [-0.1, -0.05) is 79.7 Å². The van der Waals surface area contributed by atoms with Gasteiger partial charge in [-0.3, -0.25) is 14.5 Å². The molecule has 0 saturated heterocycles. The first-order chi connectivity index (χ1) is 15.7. The summed E-state index contributed by atoms with van der Waals surface area (Å²) in [5.74, 6) is 0.218. The quantitative estimate of drug-likeness (QED) is 0.563. The van der Waals surface area contributed by atoms with E-state index in [9.17, 15) is 9.59 Å². The normalized spacial score (nSPS) is 20.2. The average Bonchev–Trinajstić information content (AvgIpc) is 2.99. The van der Waals surface area contributed by atoms with Crippen molar-refractivity contribution >= 4 is 23.1 Å². The molecule has 1 amide bonds. The van der Waals surface area contributed by atoms with Gasteiger partial charge in [-0.15, -0.1) is 0 Å². The number of allylic oxidation sites excluding steroid dienone is 1. The topological polar surface area (TPSA) is 49.4 Å². The molecule has 1 aliphatic heterocycles. The first kappa shape index (κ1) is 20.3. The molecule has 0 unspecified atom stereocenters. The SMILES string of the molecule is CCC(=O)N1c2ccccc2NC2=C(C(=O)C[C@@H](c3ccccc3)C2)[C@H]1c1ccccc1. The van der Waals surface area contributed by atoms with Crippen LogP contribution in [0.5, 0.6) is 0 Å². The molecule has 160 valence electrons. The number of hydrogen-bond donors (Lipinski definition) is 1. The van der Waals surface area contributed by atoms with Crippen LogP contribution in [-0.4, -0.2) is 11.7 Å². The molecule has 4 nitrogen and oxygen atoms in total. The minimum absolute atomic E-state index is 0.000152. The molecule has 1 N–H and O–H groups in total. The molecule has 32 heavy (non-hydrogen) atoms. The number of Topliss-reactive ketones (excluding diaryl/α,β-unsaturated/α-hetero) is 1. The van der Waals surface area contributed by atoms with Gasteiger partial charge in [-0.05, 0) is 35.6 Å². The maximum Gasteiger partial charge on any atom is 0.227 e. The Morgan fingerprint density at radius 1 is 0.875 bits per heavy atom. The summed E-state index contributed by atoms with van der Waals surface area (Å²) in [5.41, 5.74) is 5.42. The second-order valence-electron chi connectivity index (χ2n) is 8.40. The Morgan fingerprint density at radius 2 is 1.50 bits per heavy atom. The molecular formula is C28H26N2O2. The van der Waals surface area contributed by atoms with Gasteiger partial charge in [0.25, 0.3) is 0 Å². The van der Waals surface area contributed by atoms with Gasteiger partial charge in [-0.2, -0.15) is 0 Å². The fourth-order valence-corrected chi connectivity index (χ4v) is 4.95. The van der Waals surface area contributed by atoms with Crippen LogP contribution in [0.15, 0.2) is 96.2 Å². The lowest BCUT2D eigenvalue weighted by Crippen LogP contribution is -2.38. The van der Waals surface area contributed by atoms with Crippen molar-refractivity contribution in [3.05, 3.63) is 107 Å². The van der Waals surface area contributed by atoms with Crippen LogP contribution in [0.25, 0.3) is 0 Å². The first-order valence-corrected chi connectivity index (χ1v) is 11.2. The van der Waals surface area contributed by atoms with E-state index in [1.54, 1.807) is 0 Å². The minimum Gasteiger partial charge on any atom is -0.357 e. The molecule has 3 aromatic carbocycles. The van der Waals surface area contributed by atoms with Crippen molar-refractivity contribution < 1.29 is 9.59 Å². The van der Waals surface area contributed by atoms with Crippen molar-refractivity contribution in [3.63, 3.8) is 0 Å². The number of nitrogens with one attached hydrogen (secondary N) is 1. The van der Waals surface area contributed by atoms with Gasteiger partial charge >= 0.3 is 0 Å². The van der Waals surface area contributed by atoms with Gasteiger partial charge in [0.1, 0.15) is 0 Å². The zero-order chi connectivity index (χ0) is 22.1. The number of fused-ring (bicyclic) bond motifs is 1. The monoisotopic (exact) mass is 422 g/mol. The molecule has 0 radical (unpaired) electrons. The van der Waals surface area contributed by atoms with Crippen LogP contribution in [-0.2, 0) is 9.59 Å². The molecule has 2 atom stereocenters. The molecule has 2 aliphatic rings. The summed E-state index contributed by atoms with van der Waals surface area (Å²) in [5, 5.41) is 3.57. The second-order valence-corrected chi connectivity index (χ2v) is 8.40. The lowest BCUT2D eigenvalue weighted by Gasteiger charge is -2.35. The summed E-state index contributed by atoms with van der Waals surface area (Å²) in [6.07, 6.45) is 1.54. The lowest BCUT2D eigenvalue weighted by atomic mass is 9.78. The van der Waals surface area contributed by atoms with Crippen molar-refractivity contribution in [2.45, 2.75) is 38.1 Å². The fraction of sp³-hybridized carbons (Fsp3) is 0.214. The van der Waals surface area contributed by atoms with Crippen molar-refractivity contribution in [3.8, 4) is 0 Å². The fourth-order valence-electron chi connectivity index (χ4n) is 4.95. The Hall–Kier alpha value is -3.66. The average molecular weight is 423 g/mol. The summed E-state index contributed by atoms with van der Waals surface area (Å²) in [6.45, 7) is 1.87. The van der Waals surface area contributed by atoms with Gasteiger partial charge in [0.15, 0.2) is 5.78 Å². The predicted molar refractivity (Wildman–Crippen MR) is 127 cm³/mol. The highest BCUT2D eigenvalue weighted by molar-refractivity contribution is 6.06. The molecule has 5 rings (SSSR count). The summed E-state index contributed by atoms with van der Waals surface area (Å²) >= 11 is 0. The molecule has 4 heteroatoms. The van der Waals surface area contributed by atoms with Crippen molar-refractivity contribution in [1.29, 1.82) is 0 Å².